The first-order valence-corrected chi connectivity index (χ1v) is 6.17. The first kappa shape index (κ1) is 12.9. The molecule has 1 aliphatic carbocycles. The molecule has 0 radical (unpaired) electrons. The van der Waals surface area contributed by atoms with Gasteiger partial charge in [-0.1, -0.05) is 13.8 Å². The van der Waals surface area contributed by atoms with Crippen molar-refractivity contribution in [2.45, 2.75) is 39.3 Å². The molecule has 0 amide bonds. The Morgan fingerprint density at radius 1 is 1.50 bits per heavy atom. The Morgan fingerprint density at radius 3 is 2.61 bits per heavy atom. The second kappa shape index (κ2) is 4.28. The van der Waals surface area contributed by atoms with Crippen molar-refractivity contribution < 1.29 is 9.90 Å². The van der Waals surface area contributed by atoms with Gasteiger partial charge in [0.2, 0.25) is 0 Å². The lowest BCUT2D eigenvalue weighted by Crippen LogP contribution is -2.56. The summed E-state index contributed by atoms with van der Waals surface area (Å²) in [5.41, 5.74) is 7.64. The number of hydrogen-bond donors (Lipinski definition) is 3. The third-order valence-electron chi connectivity index (χ3n) is 3.99. The average Bonchev–Trinajstić information content (AvgIpc) is 2.28. The third-order valence-corrected chi connectivity index (χ3v) is 3.99. The van der Waals surface area contributed by atoms with Crippen LogP contribution >= 0.6 is 0 Å². The number of hydrogen-bond acceptors (Lipinski definition) is 4. The minimum absolute atomic E-state index is 0.0292. The van der Waals surface area contributed by atoms with Gasteiger partial charge in [-0.15, -0.1) is 0 Å². The van der Waals surface area contributed by atoms with E-state index >= 15 is 0 Å². The molecule has 1 aliphatic rings. The summed E-state index contributed by atoms with van der Waals surface area (Å²) >= 11 is 0. The molecule has 0 saturated heterocycles. The molecule has 18 heavy (non-hydrogen) atoms. The van der Waals surface area contributed by atoms with Crippen LogP contribution in [0.5, 0.6) is 0 Å². The van der Waals surface area contributed by atoms with Gasteiger partial charge in [-0.2, -0.15) is 0 Å². The topological polar surface area (TPSA) is 75.3 Å². The number of nitrogens with two attached hydrogens (primary N) is 1. The number of carbonyl (C=O) groups excluding carboxylic acids is 1. The lowest BCUT2D eigenvalue weighted by molar-refractivity contribution is -0.0510. The molecule has 2 rings (SSSR count). The molecule has 1 saturated carbocycles. The van der Waals surface area contributed by atoms with Gasteiger partial charge >= 0.3 is 0 Å². The minimum atomic E-state index is -0.260. The molecule has 0 spiro atoms. The van der Waals surface area contributed by atoms with Crippen molar-refractivity contribution in [3.05, 3.63) is 23.8 Å². The molecule has 4 heteroatoms. The smallest absolute Gasteiger partial charge is 0.161 e. The zero-order valence-electron chi connectivity index (χ0n) is 11.0. The molecule has 0 bridgehead atoms. The molecular weight excluding hydrogens is 228 g/mol. The number of nitrogen functional groups attached to an aromatic ring is 1. The summed E-state index contributed by atoms with van der Waals surface area (Å²) in [4.78, 5) is 11.3. The van der Waals surface area contributed by atoms with Crippen LogP contribution in [0.3, 0.4) is 0 Å². The number of aliphatic hydroxyl groups excluding tert-OH is 1. The highest BCUT2D eigenvalue weighted by Gasteiger charge is 2.47. The largest absolute Gasteiger partial charge is 0.398 e. The summed E-state index contributed by atoms with van der Waals surface area (Å²) in [6, 6.07) is 5.60. The number of benzene rings is 1. The fraction of sp³-hybridized carbons (Fsp3) is 0.500. The van der Waals surface area contributed by atoms with Crippen molar-refractivity contribution in [3.63, 3.8) is 0 Å². The van der Waals surface area contributed by atoms with E-state index in [1.807, 2.05) is 19.9 Å². The van der Waals surface area contributed by atoms with Gasteiger partial charge in [-0.05, 0) is 31.5 Å². The van der Waals surface area contributed by atoms with E-state index in [9.17, 15) is 9.90 Å². The fourth-order valence-corrected chi connectivity index (χ4v) is 2.32. The van der Waals surface area contributed by atoms with Crippen LogP contribution in [0.4, 0.5) is 11.4 Å². The standard InChI is InChI=1S/C14H20N2O2/c1-8(17)10-5-4-9(6-11(10)15)16-12-7-13(18)14(12,2)3/h4-6,12-13,16,18H,7,15H2,1-3H3. The van der Waals surface area contributed by atoms with Crippen LogP contribution in [0, 0.1) is 5.41 Å². The van der Waals surface area contributed by atoms with E-state index in [1.54, 1.807) is 12.1 Å². The summed E-state index contributed by atoms with van der Waals surface area (Å²) < 4.78 is 0. The van der Waals surface area contributed by atoms with Crippen molar-refractivity contribution in [2.75, 3.05) is 11.1 Å². The maximum absolute atomic E-state index is 11.3. The Balaban J connectivity index is 2.12. The minimum Gasteiger partial charge on any atom is -0.398 e. The molecule has 1 aromatic carbocycles. The van der Waals surface area contributed by atoms with Gasteiger partial charge in [0.25, 0.3) is 0 Å². The summed E-state index contributed by atoms with van der Waals surface area (Å²) in [5.74, 6) is -0.0292. The summed E-state index contributed by atoms with van der Waals surface area (Å²) in [6.45, 7) is 5.57. The Bertz CT molecular complexity index is 483. The van der Waals surface area contributed by atoms with Gasteiger partial charge in [0, 0.05) is 28.4 Å². The Morgan fingerprint density at radius 2 is 2.17 bits per heavy atom. The number of nitrogens with one attached hydrogen (secondary N) is 1. The van der Waals surface area contributed by atoms with E-state index in [1.165, 1.54) is 6.92 Å². The van der Waals surface area contributed by atoms with Gasteiger partial charge < -0.3 is 16.2 Å². The van der Waals surface area contributed by atoms with Crippen LogP contribution in [0.2, 0.25) is 0 Å². The number of anilines is 2. The van der Waals surface area contributed by atoms with Crippen LogP contribution in [-0.4, -0.2) is 23.0 Å². The van der Waals surface area contributed by atoms with Gasteiger partial charge in [0.05, 0.1) is 6.10 Å². The summed E-state index contributed by atoms with van der Waals surface area (Å²) in [6.07, 6.45) is 0.477. The highest BCUT2D eigenvalue weighted by molar-refractivity contribution is 5.99. The molecule has 2 atom stereocenters. The first-order valence-electron chi connectivity index (χ1n) is 6.17. The maximum Gasteiger partial charge on any atom is 0.161 e. The van der Waals surface area contributed by atoms with Gasteiger partial charge in [0.15, 0.2) is 5.78 Å². The van der Waals surface area contributed by atoms with Crippen LogP contribution in [0.1, 0.15) is 37.6 Å². The zero-order chi connectivity index (χ0) is 13.5. The number of rotatable bonds is 3. The van der Waals surface area contributed by atoms with Gasteiger partial charge in [0.1, 0.15) is 0 Å². The Hall–Kier alpha value is -1.55. The molecule has 0 aromatic heterocycles. The van der Waals surface area contributed by atoms with Crippen molar-refractivity contribution in [1.29, 1.82) is 0 Å². The second-order valence-electron chi connectivity index (χ2n) is 5.63. The molecular formula is C14H20N2O2. The average molecular weight is 248 g/mol. The molecule has 0 aliphatic heterocycles. The molecule has 4 nitrogen and oxygen atoms in total. The predicted octanol–water partition coefficient (Wildman–Crippen LogP) is 2.04. The van der Waals surface area contributed by atoms with Gasteiger partial charge in [-0.25, -0.2) is 0 Å². The summed E-state index contributed by atoms with van der Waals surface area (Å²) in [7, 11) is 0. The normalized spacial score (nSPS) is 25.3. The lowest BCUT2D eigenvalue weighted by atomic mass is 9.64. The first-order chi connectivity index (χ1) is 8.32. The predicted molar refractivity (Wildman–Crippen MR) is 72.7 cm³/mol. The SMILES string of the molecule is CC(=O)c1ccc(NC2CC(O)C2(C)C)cc1N. The van der Waals surface area contributed by atoms with E-state index < -0.39 is 0 Å². The molecule has 0 heterocycles. The zero-order valence-corrected chi connectivity index (χ0v) is 11.0. The van der Waals surface area contributed by atoms with E-state index in [0.29, 0.717) is 11.3 Å². The highest BCUT2D eigenvalue weighted by Crippen LogP contribution is 2.42. The monoisotopic (exact) mass is 248 g/mol. The van der Waals surface area contributed by atoms with Crippen molar-refractivity contribution >= 4 is 17.2 Å². The van der Waals surface area contributed by atoms with E-state index in [0.717, 1.165) is 12.1 Å². The van der Waals surface area contributed by atoms with Crippen molar-refractivity contribution in [3.8, 4) is 0 Å². The van der Waals surface area contributed by atoms with Crippen LogP contribution in [-0.2, 0) is 0 Å². The number of carbonyl (C=O) groups is 1. The molecule has 1 fully saturated rings. The Labute approximate surface area is 107 Å². The van der Waals surface area contributed by atoms with E-state index in [2.05, 4.69) is 5.32 Å². The van der Waals surface area contributed by atoms with Gasteiger partial charge in [-0.3, -0.25) is 4.79 Å². The lowest BCUT2D eigenvalue weighted by Gasteiger charge is -2.49. The fourth-order valence-electron chi connectivity index (χ4n) is 2.32. The molecule has 98 valence electrons. The van der Waals surface area contributed by atoms with Crippen LogP contribution in [0.25, 0.3) is 0 Å². The number of Topliss-reactive ketones (excluding diaryl/α,β-unsaturated/α-hetero) is 1. The molecule has 1 aromatic rings. The Kier molecular flexibility index (Phi) is 3.07. The molecule has 4 N–H and O–H groups in total. The van der Waals surface area contributed by atoms with E-state index in [-0.39, 0.29) is 23.3 Å². The maximum atomic E-state index is 11.3. The van der Waals surface area contributed by atoms with Crippen molar-refractivity contribution in [1.82, 2.24) is 0 Å². The van der Waals surface area contributed by atoms with Crippen LogP contribution in [0.15, 0.2) is 18.2 Å². The third kappa shape index (κ3) is 2.08. The van der Waals surface area contributed by atoms with E-state index in [4.69, 9.17) is 5.73 Å². The molecule has 2 unspecified atom stereocenters. The number of aliphatic hydroxyl groups is 1. The quantitative estimate of drug-likeness (QED) is 0.565. The summed E-state index contributed by atoms with van der Waals surface area (Å²) in [5, 5.41) is 13.0. The highest BCUT2D eigenvalue weighted by atomic mass is 16.3. The second-order valence-corrected chi connectivity index (χ2v) is 5.63. The number of ketones is 1. The van der Waals surface area contributed by atoms with Crippen LogP contribution < -0.4 is 11.1 Å². The van der Waals surface area contributed by atoms with Crippen molar-refractivity contribution in [2.24, 2.45) is 5.41 Å².